The molecule has 2 aromatic carbocycles. The Morgan fingerprint density at radius 1 is 1.16 bits per heavy atom. The highest BCUT2D eigenvalue weighted by molar-refractivity contribution is 6.30. The molecule has 0 saturated heterocycles. The van der Waals surface area contributed by atoms with Gasteiger partial charge in [-0.1, -0.05) is 29.8 Å². The van der Waals surface area contributed by atoms with Crippen molar-refractivity contribution in [2.75, 3.05) is 6.54 Å². The number of rotatable bonds is 8. The van der Waals surface area contributed by atoms with Gasteiger partial charge >= 0.3 is 0 Å². The molecule has 0 fully saturated rings. The van der Waals surface area contributed by atoms with Crippen molar-refractivity contribution < 1.29 is 9.72 Å². The number of carbonyl (C=O) groups excluding carboxylic acids is 1. The summed E-state index contributed by atoms with van der Waals surface area (Å²) >= 11 is 6.06. The molecule has 1 amide bonds. The van der Waals surface area contributed by atoms with E-state index in [1.807, 2.05) is 36.5 Å². The van der Waals surface area contributed by atoms with E-state index in [1.54, 1.807) is 30.5 Å². The van der Waals surface area contributed by atoms with Gasteiger partial charge < -0.3 is 10.3 Å². The van der Waals surface area contributed by atoms with Crippen LogP contribution in [0.3, 0.4) is 0 Å². The molecule has 8 heteroatoms. The Morgan fingerprint density at radius 3 is 2.69 bits per heavy atom. The smallest absolute Gasteiger partial charge is 0.270 e. The maximum absolute atomic E-state index is 12.8. The second-order valence-corrected chi connectivity index (χ2v) is 7.90. The lowest BCUT2D eigenvalue weighted by molar-refractivity contribution is -0.384. The number of fused-ring (bicyclic) bond motifs is 1. The number of nitrogens with one attached hydrogen (secondary N) is 2. The molecule has 162 valence electrons. The fourth-order valence-electron chi connectivity index (χ4n) is 3.77. The first-order valence-corrected chi connectivity index (χ1v) is 10.6. The zero-order chi connectivity index (χ0) is 22.5. The summed E-state index contributed by atoms with van der Waals surface area (Å²) in [5, 5.41) is 15.6. The van der Waals surface area contributed by atoms with E-state index >= 15 is 0 Å². The van der Waals surface area contributed by atoms with E-state index in [4.69, 9.17) is 11.6 Å². The third-order valence-electron chi connectivity index (χ3n) is 5.37. The summed E-state index contributed by atoms with van der Waals surface area (Å²) in [6.07, 6.45) is 4.37. The van der Waals surface area contributed by atoms with Gasteiger partial charge in [0.05, 0.1) is 4.92 Å². The Hall–Kier alpha value is -3.71. The molecule has 0 radical (unpaired) electrons. The molecular weight excluding hydrogens is 428 g/mol. The summed E-state index contributed by atoms with van der Waals surface area (Å²) in [6.45, 7) is 0.475. The van der Waals surface area contributed by atoms with Crippen molar-refractivity contribution in [1.82, 2.24) is 15.3 Å². The van der Waals surface area contributed by atoms with E-state index < -0.39 is 4.92 Å². The average Bonchev–Trinajstić information content (AvgIpc) is 3.22. The second kappa shape index (κ2) is 9.62. The Kier molecular flexibility index (Phi) is 6.47. The Bertz CT molecular complexity index is 1240. The van der Waals surface area contributed by atoms with Crippen LogP contribution in [0.5, 0.6) is 0 Å². The number of carbonyl (C=O) groups is 1. The number of halogens is 1. The first-order chi connectivity index (χ1) is 15.5. The van der Waals surface area contributed by atoms with Gasteiger partial charge in [-0.2, -0.15) is 0 Å². The van der Waals surface area contributed by atoms with Crippen LogP contribution in [0.25, 0.3) is 10.9 Å². The van der Waals surface area contributed by atoms with Crippen molar-refractivity contribution in [3.63, 3.8) is 0 Å². The molecule has 0 unspecified atom stereocenters. The summed E-state index contributed by atoms with van der Waals surface area (Å²) in [5.41, 5.74) is 3.42. The monoisotopic (exact) mass is 448 g/mol. The number of non-ortho nitro benzene ring substituents is 1. The molecule has 0 saturated carbocycles. The van der Waals surface area contributed by atoms with Crippen molar-refractivity contribution >= 4 is 34.1 Å². The van der Waals surface area contributed by atoms with E-state index in [9.17, 15) is 14.9 Å². The molecule has 0 bridgehead atoms. The van der Waals surface area contributed by atoms with Crippen LogP contribution in [0.1, 0.15) is 29.2 Å². The highest BCUT2D eigenvalue weighted by Crippen LogP contribution is 2.35. The second-order valence-electron chi connectivity index (χ2n) is 7.46. The number of nitro groups is 1. The van der Waals surface area contributed by atoms with E-state index in [1.165, 1.54) is 6.07 Å². The third kappa shape index (κ3) is 4.95. The van der Waals surface area contributed by atoms with E-state index in [-0.39, 0.29) is 23.9 Å². The topological polar surface area (TPSA) is 101 Å². The molecule has 0 aliphatic heterocycles. The molecule has 0 spiro atoms. The molecule has 2 heterocycles. The van der Waals surface area contributed by atoms with Crippen molar-refractivity contribution in [2.24, 2.45) is 0 Å². The average molecular weight is 449 g/mol. The van der Waals surface area contributed by atoms with Gasteiger partial charge in [0.15, 0.2) is 0 Å². The fraction of sp³-hybridized carbons (Fsp3) is 0.167. The number of pyridine rings is 1. The molecule has 0 aliphatic rings. The highest BCUT2D eigenvalue weighted by Gasteiger charge is 2.22. The Morgan fingerprint density at radius 2 is 1.97 bits per heavy atom. The van der Waals surface area contributed by atoms with E-state index in [0.717, 1.165) is 27.7 Å². The normalized spacial score (nSPS) is 11.9. The van der Waals surface area contributed by atoms with Gasteiger partial charge in [0.2, 0.25) is 5.91 Å². The molecule has 7 nitrogen and oxygen atoms in total. The number of aromatic amines is 1. The number of nitro benzene ring substituents is 1. The van der Waals surface area contributed by atoms with Crippen LogP contribution >= 0.6 is 11.6 Å². The quantitative estimate of drug-likeness (QED) is 0.292. The minimum Gasteiger partial charge on any atom is -0.361 e. The number of amides is 1. The van der Waals surface area contributed by atoms with Crippen LogP contribution in [0.15, 0.2) is 73.1 Å². The van der Waals surface area contributed by atoms with E-state index in [2.05, 4.69) is 15.3 Å². The molecule has 4 aromatic rings. The molecule has 1 atom stereocenters. The first-order valence-electron chi connectivity index (χ1n) is 10.2. The minimum absolute atomic E-state index is 0.00742. The summed E-state index contributed by atoms with van der Waals surface area (Å²) in [6, 6.07) is 17.7. The Labute approximate surface area is 189 Å². The molecule has 4 rings (SSSR count). The minimum atomic E-state index is -0.419. The van der Waals surface area contributed by atoms with Crippen LogP contribution in [0, 0.1) is 10.1 Å². The number of hydrogen-bond acceptors (Lipinski definition) is 4. The van der Waals surface area contributed by atoms with E-state index in [0.29, 0.717) is 18.0 Å². The zero-order valence-electron chi connectivity index (χ0n) is 17.1. The van der Waals surface area contributed by atoms with Crippen molar-refractivity contribution in [3.05, 3.63) is 105 Å². The zero-order valence-corrected chi connectivity index (χ0v) is 17.9. The van der Waals surface area contributed by atoms with Gasteiger partial charge in [-0.15, -0.1) is 0 Å². The standard InChI is InChI=1S/C24H21ClN4O3/c25-17-6-4-16(5-7-17)20(14-24(30)27-12-10-18-3-1-2-11-26-18)22-15-28-23-9-8-19(29(31)32)13-21(22)23/h1-9,11,13,15,20,28H,10,12,14H2,(H,27,30)/t20-/m1/s1. The lowest BCUT2D eigenvalue weighted by Crippen LogP contribution is -2.27. The number of benzene rings is 2. The van der Waals surface area contributed by atoms with Gasteiger partial charge in [-0.3, -0.25) is 19.9 Å². The van der Waals surface area contributed by atoms with Gasteiger partial charge in [0, 0.05) is 71.5 Å². The number of hydrogen-bond donors (Lipinski definition) is 2. The van der Waals surface area contributed by atoms with Gasteiger partial charge in [0.1, 0.15) is 0 Å². The largest absolute Gasteiger partial charge is 0.361 e. The Balaban J connectivity index is 1.59. The maximum Gasteiger partial charge on any atom is 0.270 e. The molecule has 32 heavy (non-hydrogen) atoms. The molecule has 2 N–H and O–H groups in total. The summed E-state index contributed by atoms with van der Waals surface area (Å²) in [4.78, 5) is 31.1. The summed E-state index contributed by atoms with van der Waals surface area (Å²) < 4.78 is 0. The lowest BCUT2D eigenvalue weighted by atomic mass is 9.88. The van der Waals surface area contributed by atoms with Crippen LogP contribution in [0.2, 0.25) is 5.02 Å². The first kappa shape index (κ1) is 21.5. The maximum atomic E-state index is 12.8. The molecule has 2 aromatic heterocycles. The predicted octanol–water partition coefficient (Wildman–Crippen LogP) is 5.01. The SMILES string of the molecule is O=C(C[C@H](c1ccc(Cl)cc1)c1c[nH]c2ccc([N+](=O)[O-])cc12)NCCc1ccccn1. The van der Waals surface area contributed by atoms with Crippen LogP contribution in [-0.4, -0.2) is 27.3 Å². The predicted molar refractivity (Wildman–Crippen MR) is 124 cm³/mol. The van der Waals surface area contributed by atoms with Gasteiger partial charge in [-0.05, 0) is 41.5 Å². The van der Waals surface area contributed by atoms with Crippen LogP contribution in [0.4, 0.5) is 5.69 Å². The lowest BCUT2D eigenvalue weighted by Gasteiger charge is -2.17. The molecular formula is C24H21ClN4O3. The number of aromatic nitrogens is 2. The highest BCUT2D eigenvalue weighted by atomic mass is 35.5. The number of nitrogens with zero attached hydrogens (tertiary/aromatic N) is 2. The van der Waals surface area contributed by atoms with Gasteiger partial charge in [-0.25, -0.2) is 0 Å². The fourth-order valence-corrected chi connectivity index (χ4v) is 3.89. The van der Waals surface area contributed by atoms with Gasteiger partial charge in [0.25, 0.3) is 5.69 Å². The van der Waals surface area contributed by atoms with Crippen molar-refractivity contribution in [1.29, 1.82) is 0 Å². The third-order valence-corrected chi connectivity index (χ3v) is 5.63. The summed E-state index contributed by atoms with van der Waals surface area (Å²) in [5.74, 6) is -0.404. The van der Waals surface area contributed by atoms with Crippen LogP contribution in [-0.2, 0) is 11.2 Å². The van der Waals surface area contributed by atoms with Crippen molar-refractivity contribution in [2.45, 2.75) is 18.8 Å². The number of H-pyrrole nitrogens is 1. The molecule has 0 aliphatic carbocycles. The van der Waals surface area contributed by atoms with Crippen molar-refractivity contribution in [3.8, 4) is 0 Å². The van der Waals surface area contributed by atoms with Crippen LogP contribution < -0.4 is 5.32 Å². The summed E-state index contributed by atoms with van der Waals surface area (Å²) in [7, 11) is 0.